The highest BCUT2D eigenvalue weighted by atomic mass is 16.5. The number of nitrogens with zero attached hydrogens (tertiary/aromatic N) is 1. The number of amides is 1. The maximum atomic E-state index is 12.8. The Hall–Kier alpha value is -3.61. The Morgan fingerprint density at radius 1 is 1.04 bits per heavy atom. The summed E-state index contributed by atoms with van der Waals surface area (Å²) in [5.74, 6) is -2.03. The lowest BCUT2D eigenvalue weighted by molar-refractivity contribution is -0.279. The lowest BCUT2D eigenvalue weighted by atomic mass is 10.1. The van der Waals surface area contributed by atoms with Crippen molar-refractivity contribution in [2.75, 3.05) is 12.4 Å². The van der Waals surface area contributed by atoms with Crippen LogP contribution in [0.3, 0.4) is 0 Å². The van der Waals surface area contributed by atoms with Gasteiger partial charge in [0.15, 0.2) is 0 Å². The first-order chi connectivity index (χ1) is 12.5. The molecule has 0 atom stereocenters. The topological polar surface area (TPSA) is 100 Å². The van der Waals surface area contributed by atoms with Crippen molar-refractivity contribution < 1.29 is 19.4 Å². The van der Waals surface area contributed by atoms with E-state index in [9.17, 15) is 19.5 Å². The zero-order valence-electron chi connectivity index (χ0n) is 14.1. The van der Waals surface area contributed by atoms with Gasteiger partial charge in [-0.05, 0) is 24.1 Å². The second kappa shape index (κ2) is 6.72. The minimum Gasteiger partial charge on any atom is -0.859 e. The molecule has 1 aromatic heterocycles. The van der Waals surface area contributed by atoms with Crippen molar-refractivity contribution in [1.29, 1.82) is 0 Å². The number of benzene rings is 2. The molecule has 0 aliphatic heterocycles. The van der Waals surface area contributed by atoms with E-state index in [0.29, 0.717) is 0 Å². The first kappa shape index (κ1) is 17.2. The summed E-state index contributed by atoms with van der Waals surface area (Å²) < 4.78 is 5.59. The second-order valence-corrected chi connectivity index (χ2v) is 5.58. The van der Waals surface area contributed by atoms with E-state index in [1.165, 1.54) is 26.3 Å². The summed E-state index contributed by atoms with van der Waals surface area (Å²) >= 11 is 0. The summed E-state index contributed by atoms with van der Waals surface area (Å²) in [5.41, 5.74) is -0.272. The second-order valence-electron chi connectivity index (χ2n) is 5.58. The van der Waals surface area contributed by atoms with Crippen molar-refractivity contribution in [2.24, 2.45) is 7.05 Å². The lowest BCUT2D eigenvalue weighted by Gasteiger charge is -2.20. The van der Waals surface area contributed by atoms with Gasteiger partial charge in [0.1, 0.15) is 0 Å². The quantitative estimate of drug-likeness (QED) is 0.723. The van der Waals surface area contributed by atoms with Gasteiger partial charge in [-0.2, -0.15) is 0 Å². The molecule has 0 saturated heterocycles. The molecular formula is C19H15N2O5-. The summed E-state index contributed by atoms with van der Waals surface area (Å²) in [6.07, 6.45) is 0. The van der Waals surface area contributed by atoms with Gasteiger partial charge in [-0.3, -0.25) is 9.59 Å². The summed E-state index contributed by atoms with van der Waals surface area (Å²) in [5, 5.41) is 15.6. The van der Waals surface area contributed by atoms with Crippen LogP contribution in [-0.4, -0.2) is 23.6 Å². The molecule has 0 bridgehead atoms. The third-order valence-electron chi connectivity index (χ3n) is 4.06. The molecule has 1 N–H and O–H groups in total. The number of para-hydroxylation sites is 1. The average molecular weight is 351 g/mol. The molecule has 132 valence electrons. The van der Waals surface area contributed by atoms with Crippen LogP contribution in [0.1, 0.15) is 20.7 Å². The first-order valence-corrected chi connectivity index (χ1v) is 7.73. The van der Waals surface area contributed by atoms with Crippen LogP contribution in [0.25, 0.3) is 10.8 Å². The number of carbonyl (C=O) groups excluding carboxylic acids is 2. The van der Waals surface area contributed by atoms with E-state index in [1.54, 1.807) is 36.4 Å². The molecule has 26 heavy (non-hydrogen) atoms. The minimum atomic E-state index is -0.710. The van der Waals surface area contributed by atoms with Crippen LogP contribution in [0.2, 0.25) is 0 Å². The first-order valence-electron chi connectivity index (χ1n) is 7.73. The number of esters is 1. The third kappa shape index (κ3) is 2.79. The van der Waals surface area contributed by atoms with Crippen molar-refractivity contribution in [3.8, 4) is 5.88 Å². The van der Waals surface area contributed by atoms with Crippen molar-refractivity contribution in [3.63, 3.8) is 0 Å². The SMILES string of the molecule is COC(=O)c1ccccc1NC(=O)c1c([O-])n(C)c(=O)c2ccccc12. The third-order valence-corrected chi connectivity index (χ3v) is 4.06. The number of fused-ring (bicyclic) bond motifs is 1. The van der Waals surface area contributed by atoms with Crippen LogP contribution in [0.5, 0.6) is 5.88 Å². The van der Waals surface area contributed by atoms with E-state index >= 15 is 0 Å². The van der Waals surface area contributed by atoms with Crippen molar-refractivity contribution in [2.45, 2.75) is 0 Å². The summed E-state index contributed by atoms with van der Waals surface area (Å²) in [4.78, 5) is 36.9. The molecule has 3 rings (SSSR count). The van der Waals surface area contributed by atoms with Crippen LogP contribution in [0.15, 0.2) is 53.3 Å². The Morgan fingerprint density at radius 3 is 2.35 bits per heavy atom. The number of aromatic nitrogens is 1. The van der Waals surface area contributed by atoms with E-state index in [1.807, 2.05) is 0 Å². The molecule has 0 unspecified atom stereocenters. The lowest BCUT2D eigenvalue weighted by Crippen LogP contribution is -2.26. The van der Waals surface area contributed by atoms with Crippen molar-refractivity contribution in [3.05, 3.63) is 70.0 Å². The van der Waals surface area contributed by atoms with E-state index in [4.69, 9.17) is 4.74 Å². The molecular weight excluding hydrogens is 336 g/mol. The number of anilines is 1. The molecule has 3 aromatic rings. The number of hydrogen-bond acceptors (Lipinski definition) is 5. The van der Waals surface area contributed by atoms with Crippen LogP contribution in [0.4, 0.5) is 5.69 Å². The van der Waals surface area contributed by atoms with E-state index < -0.39 is 23.3 Å². The van der Waals surface area contributed by atoms with Crippen molar-refractivity contribution >= 4 is 28.3 Å². The van der Waals surface area contributed by atoms with Gasteiger partial charge in [-0.15, -0.1) is 0 Å². The van der Waals surface area contributed by atoms with Gasteiger partial charge in [0, 0.05) is 17.8 Å². The molecule has 0 fully saturated rings. The number of rotatable bonds is 3. The number of hydrogen-bond donors (Lipinski definition) is 1. The smallest absolute Gasteiger partial charge is 0.339 e. The normalized spacial score (nSPS) is 10.5. The van der Waals surface area contributed by atoms with Crippen LogP contribution in [0, 0.1) is 0 Å². The summed E-state index contributed by atoms with van der Waals surface area (Å²) in [7, 11) is 2.55. The molecule has 7 nitrogen and oxygen atoms in total. The monoisotopic (exact) mass is 351 g/mol. The summed E-state index contributed by atoms with van der Waals surface area (Å²) in [6, 6.07) is 12.7. The molecule has 0 spiro atoms. The van der Waals surface area contributed by atoms with Crippen molar-refractivity contribution in [1.82, 2.24) is 4.57 Å². The van der Waals surface area contributed by atoms with Crippen LogP contribution in [-0.2, 0) is 11.8 Å². The van der Waals surface area contributed by atoms with Gasteiger partial charge >= 0.3 is 5.97 Å². The van der Waals surface area contributed by atoms with Gasteiger partial charge in [-0.25, -0.2) is 4.79 Å². The van der Waals surface area contributed by atoms with E-state index in [0.717, 1.165) is 4.57 Å². The van der Waals surface area contributed by atoms with Crippen LogP contribution < -0.4 is 16.0 Å². The van der Waals surface area contributed by atoms with Gasteiger partial charge in [0.2, 0.25) is 0 Å². The standard InChI is InChI=1S/C19H16N2O5/c1-21-17(23)12-8-4-3-7-11(12)15(18(21)24)16(22)20-14-10-6-5-9-13(14)19(25)26-2/h3-10,24H,1-2H3,(H,20,22)/p-1. The predicted molar refractivity (Wildman–Crippen MR) is 94.4 cm³/mol. The molecule has 0 radical (unpaired) electrons. The predicted octanol–water partition coefficient (Wildman–Crippen LogP) is 1.65. The Labute approximate surface area is 148 Å². The highest BCUT2D eigenvalue weighted by Gasteiger charge is 2.18. The van der Waals surface area contributed by atoms with Gasteiger partial charge in [0.25, 0.3) is 11.5 Å². The highest BCUT2D eigenvalue weighted by molar-refractivity contribution is 6.15. The van der Waals surface area contributed by atoms with E-state index in [2.05, 4.69) is 5.32 Å². The Morgan fingerprint density at radius 2 is 1.65 bits per heavy atom. The molecule has 1 amide bonds. The molecule has 1 heterocycles. The Balaban J connectivity index is 2.14. The van der Waals surface area contributed by atoms with E-state index in [-0.39, 0.29) is 27.6 Å². The fraction of sp³-hybridized carbons (Fsp3) is 0.105. The fourth-order valence-corrected chi connectivity index (χ4v) is 2.73. The average Bonchev–Trinajstić information content (AvgIpc) is 2.66. The summed E-state index contributed by atoms with van der Waals surface area (Å²) in [6.45, 7) is 0. The molecule has 0 aliphatic rings. The van der Waals surface area contributed by atoms with Gasteiger partial charge < -0.3 is 19.7 Å². The zero-order valence-corrected chi connectivity index (χ0v) is 14.1. The minimum absolute atomic E-state index is 0.157. The highest BCUT2D eigenvalue weighted by Crippen LogP contribution is 2.24. The maximum Gasteiger partial charge on any atom is 0.339 e. The van der Waals surface area contributed by atoms with Crippen LogP contribution >= 0.6 is 0 Å². The van der Waals surface area contributed by atoms with Gasteiger partial charge in [0.05, 0.1) is 23.9 Å². The number of pyridine rings is 1. The Bertz CT molecular complexity index is 1080. The maximum absolute atomic E-state index is 12.8. The number of methoxy groups -OCH3 is 1. The number of carbonyl (C=O) groups is 2. The fourth-order valence-electron chi connectivity index (χ4n) is 2.73. The molecule has 0 saturated carbocycles. The Kier molecular flexibility index (Phi) is 4.45. The molecule has 0 aliphatic carbocycles. The number of ether oxygens (including phenoxy) is 1. The zero-order chi connectivity index (χ0) is 18.8. The molecule has 7 heteroatoms. The molecule has 2 aromatic carbocycles. The number of nitrogens with one attached hydrogen (secondary N) is 1. The van der Waals surface area contributed by atoms with Gasteiger partial charge in [-0.1, -0.05) is 30.3 Å². The largest absolute Gasteiger partial charge is 0.859 e.